The first-order valence-corrected chi connectivity index (χ1v) is 14.8. The first-order valence-electron chi connectivity index (χ1n) is 14.4. The number of carbonyl (C=O) groups is 2. The molecule has 12 heteroatoms. The predicted octanol–water partition coefficient (Wildman–Crippen LogP) is 5.37. The Kier molecular flexibility index (Phi) is 10.1. The van der Waals surface area contributed by atoms with Gasteiger partial charge >= 0.3 is 0 Å². The lowest BCUT2D eigenvalue weighted by Crippen LogP contribution is -2.47. The van der Waals surface area contributed by atoms with Crippen LogP contribution >= 0.6 is 11.6 Å². The van der Waals surface area contributed by atoms with Crippen molar-refractivity contribution in [1.82, 2.24) is 30.4 Å². The number of carbonyl (C=O) groups excluding carboxylic acids is 2. The van der Waals surface area contributed by atoms with Gasteiger partial charge in [0.05, 0.1) is 14.2 Å². The van der Waals surface area contributed by atoms with E-state index in [0.717, 1.165) is 32.1 Å². The number of halogens is 2. The third-order valence-corrected chi connectivity index (χ3v) is 8.06. The Bertz CT molecular complexity index is 1590. The van der Waals surface area contributed by atoms with Gasteiger partial charge in [0, 0.05) is 23.2 Å². The number of methoxy groups -OCH3 is 2. The van der Waals surface area contributed by atoms with Gasteiger partial charge in [0.15, 0.2) is 11.5 Å². The molecule has 1 aromatic heterocycles. The van der Waals surface area contributed by atoms with E-state index in [1.165, 1.54) is 41.1 Å². The van der Waals surface area contributed by atoms with Gasteiger partial charge in [-0.15, -0.1) is 10.2 Å². The topological polar surface area (TPSA) is 111 Å². The first kappa shape index (κ1) is 30.9. The number of amides is 2. The number of tetrazole rings is 1. The van der Waals surface area contributed by atoms with Gasteiger partial charge in [-0.05, 0) is 65.6 Å². The minimum atomic E-state index is -1.06. The Balaban J connectivity index is 1.47. The molecule has 44 heavy (non-hydrogen) atoms. The van der Waals surface area contributed by atoms with Crippen LogP contribution in [0.1, 0.15) is 49.3 Å². The van der Waals surface area contributed by atoms with Gasteiger partial charge in [-0.2, -0.15) is 4.80 Å². The molecule has 1 atom stereocenters. The maximum atomic E-state index is 14.1. The highest BCUT2D eigenvalue weighted by molar-refractivity contribution is 6.31. The average molecular weight is 621 g/mol. The van der Waals surface area contributed by atoms with Crippen molar-refractivity contribution in [2.75, 3.05) is 14.2 Å². The lowest BCUT2D eigenvalue weighted by molar-refractivity contribution is -0.142. The Labute approximate surface area is 260 Å². The van der Waals surface area contributed by atoms with Crippen molar-refractivity contribution in [3.8, 4) is 22.9 Å². The smallest absolute Gasteiger partial charge is 0.247 e. The number of hydrogen-bond acceptors (Lipinski definition) is 7. The van der Waals surface area contributed by atoms with E-state index < -0.39 is 17.8 Å². The molecule has 0 unspecified atom stereocenters. The van der Waals surface area contributed by atoms with Crippen LogP contribution in [-0.4, -0.2) is 57.2 Å². The van der Waals surface area contributed by atoms with Crippen LogP contribution in [0.15, 0.2) is 66.7 Å². The molecule has 0 radical (unpaired) electrons. The van der Waals surface area contributed by atoms with Crippen LogP contribution in [0.2, 0.25) is 5.02 Å². The summed E-state index contributed by atoms with van der Waals surface area (Å²) in [6, 6.07) is 16.9. The fraction of sp³-hybridized carbons (Fsp3) is 0.344. The van der Waals surface area contributed by atoms with Crippen molar-refractivity contribution < 1.29 is 23.5 Å². The summed E-state index contributed by atoms with van der Waals surface area (Å²) in [5, 5.41) is 16.2. The summed E-state index contributed by atoms with van der Waals surface area (Å²) in [6.07, 6.45) is 4.90. The monoisotopic (exact) mass is 620 g/mol. The molecule has 1 fully saturated rings. The van der Waals surface area contributed by atoms with Crippen molar-refractivity contribution in [2.45, 2.75) is 57.3 Å². The van der Waals surface area contributed by atoms with Crippen molar-refractivity contribution in [1.29, 1.82) is 0 Å². The fourth-order valence-corrected chi connectivity index (χ4v) is 5.59. The molecule has 0 bridgehead atoms. The Morgan fingerprint density at radius 2 is 1.75 bits per heavy atom. The molecule has 4 aromatic rings. The van der Waals surface area contributed by atoms with Gasteiger partial charge in [0.25, 0.3) is 0 Å². The molecular formula is C32H34ClFN6O4. The maximum Gasteiger partial charge on any atom is 0.247 e. The highest BCUT2D eigenvalue weighted by atomic mass is 35.5. The lowest BCUT2D eigenvalue weighted by Gasteiger charge is -2.33. The zero-order valence-electron chi connectivity index (χ0n) is 24.6. The summed E-state index contributed by atoms with van der Waals surface area (Å²) < 4.78 is 24.6. The van der Waals surface area contributed by atoms with Crippen LogP contribution in [0.25, 0.3) is 11.4 Å². The van der Waals surface area contributed by atoms with E-state index in [1.807, 2.05) is 6.07 Å². The Hall–Kier alpha value is -4.51. The number of nitrogens with one attached hydrogen (secondary N) is 1. The highest BCUT2D eigenvalue weighted by Crippen LogP contribution is 2.31. The van der Waals surface area contributed by atoms with Gasteiger partial charge in [-0.3, -0.25) is 9.59 Å². The summed E-state index contributed by atoms with van der Waals surface area (Å²) in [6.45, 7) is -0.283. The number of benzene rings is 3. The van der Waals surface area contributed by atoms with E-state index in [-0.39, 0.29) is 30.9 Å². The van der Waals surface area contributed by atoms with Crippen LogP contribution < -0.4 is 14.8 Å². The van der Waals surface area contributed by atoms with E-state index >= 15 is 0 Å². The summed E-state index contributed by atoms with van der Waals surface area (Å²) in [5.41, 5.74) is 1.74. The predicted molar refractivity (Wildman–Crippen MR) is 163 cm³/mol. The molecule has 0 saturated heterocycles. The second kappa shape index (κ2) is 14.3. The summed E-state index contributed by atoms with van der Waals surface area (Å²) in [5.74, 6) is 0.0813. The normalized spacial score (nSPS) is 14.1. The van der Waals surface area contributed by atoms with E-state index in [1.54, 1.807) is 43.5 Å². The zero-order chi connectivity index (χ0) is 31.1. The standard InChI is InChI=1S/C32H34ClFN6O4/c1-43-27-17-14-22(18-28(27)44-2)31-36-38-40(37-31)20-29(41)39(19-23-8-6-7-11-26(23)33)30(21-12-15-24(34)16-13-21)32(42)35-25-9-4-3-5-10-25/h6-8,11-18,25,30H,3-5,9-10,19-20H2,1-2H3,(H,35,42)/t30-/m1/s1. The van der Waals surface area contributed by atoms with E-state index in [2.05, 4.69) is 20.7 Å². The molecular weight excluding hydrogens is 587 g/mol. The van der Waals surface area contributed by atoms with Crippen LogP contribution in [-0.2, 0) is 22.7 Å². The van der Waals surface area contributed by atoms with Crippen molar-refractivity contribution in [2.24, 2.45) is 0 Å². The number of ether oxygens (including phenoxy) is 2. The fourth-order valence-electron chi connectivity index (χ4n) is 5.39. The molecule has 1 N–H and O–H groups in total. The largest absolute Gasteiger partial charge is 0.493 e. The highest BCUT2D eigenvalue weighted by Gasteiger charge is 2.34. The maximum absolute atomic E-state index is 14.1. The summed E-state index contributed by atoms with van der Waals surface area (Å²) in [4.78, 5) is 30.7. The minimum absolute atomic E-state index is 0.00232. The van der Waals surface area contributed by atoms with Crippen molar-refractivity contribution in [3.05, 3.63) is 88.7 Å². The molecule has 3 aromatic carbocycles. The number of hydrogen-bond donors (Lipinski definition) is 1. The van der Waals surface area contributed by atoms with Gasteiger partial charge in [0.1, 0.15) is 18.4 Å². The third kappa shape index (κ3) is 7.34. The molecule has 1 aliphatic carbocycles. The second-order valence-electron chi connectivity index (χ2n) is 10.6. The summed E-state index contributed by atoms with van der Waals surface area (Å²) >= 11 is 6.51. The number of rotatable bonds is 11. The third-order valence-electron chi connectivity index (χ3n) is 7.69. The molecule has 10 nitrogen and oxygen atoms in total. The van der Waals surface area contributed by atoms with Gasteiger partial charge < -0.3 is 19.7 Å². The van der Waals surface area contributed by atoms with Crippen molar-refractivity contribution in [3.63, 3.8) is 0 Å². The average Bonchev–Trinajstić information content (AvgIpc) is 3.51. The van der Waals surface area contributed by atoms with Gasteiger partial charge in [0.2, 0.25) is 17.6 Å². The molecule has 5 rings (SSSR count). The van der Waals surface area contributed by atoms with E-state index in [9.17, 15) is 14.0 Å². The second-order valence-corrected chi connectivity index (χ2v) is 11.0. The van der Waals surface area contributed by atoms with Gasteiger partial charge in [-0.1, -0.05) is 61.2 Å². The Morgan fingerprint density at radius 1 is 1.02 bits per heavy atom. The van der Waals surface area contributed by atoms with Crippen LogP contribution in [0, 0.1) is 5.82 Å². The molecule has 1 saturated carbocycles. The molecule has 1 aliphatic rings. The molecule has 230 valence electrons. The van der Waals surface area contributed by atoms with E-state index in [0.29, 0.717) is 33.2 Å². The minimum Gasteiger partial charge on any atom is -0.493 e. The van der Waals surface area contributed by atoms with Crippen molar-refractivity contribution >= 4 is 23.4 Å². The molecule has 1 heterocycles. The van der Waals surface area contributed by atoms with Gasteiger partial charge in [-0.25, -0.2) is 4.39 Å². The number of aromatic nitrogens is 4. The number of nitrogens with zero attached hydrogens (tertiary/aromatic N) is 5. The quantitative estimate of drug-likeness (QED) is 0.240. The SMILES string of the molecule is COc1ccc(-c2nnn(CC(=O)N(Cc3ccccc3Cl)[C@@H](C(=O)NC3CCCCC3)c3ccc(F)cc3)n2)cc1OC. The van der Waals surface area contributed by atoms with Crippen LogP contribution in [0.3, 0.4) is 0 Å². The van der Waals surface area contributed by atoms with Crippen LogP contribution in [0.4, 0.5) is 4.39 Å². The lowest BCUT2D eigenvalue weighted by atomic mass is 9.94. The van der Waals surface area contributed by atoms with Crippen LogP contribution in [0.5, 0.6) is 11.5 Å². The summed E-state index contributed by atoms with van der Waals surface area (Å²) in [7, 11) is 3.07. The zero-order valence-corrected chi connectivity index (χ0v) is 25.3. The first-order chi connectivity index (χ1) is 21.4. The molecule has 0 aliphatic heterocycles. The molecule has 0 spiro atoms. The molecule has 2 amide bonds. The Morgan fingerprint density at radius 3 is 2.45 bits per heavy atom. The van der Waals surface area contributed by atoms with E-state index in [4.69, 9.17) is 21.1 Å².